The molecule has 18 heavy (non-hydrogen) atoms. The Kier molecular flexibility index (Phi) is 2.61. The lowest BCUT2D eigenvalue weighted by Gasteiger charge is -2.04. The van der Waals surface area contributed by atoms with E-state index >= 15 is 0 Å². The van der Waals surface area contributed by atoms with Gasteiger partial charge in [0.15, 0.2) is 5.43 Å². The molecular formula is C14H9ClN2O. The van der Waals surface area contributed by atoms with E-state index in [2.05, 4.69) is 9.97 Å². The maximum absolute atomic E-state index is 12.4. The number of nitrogens with zero attached hydrogens (tertiary/aromatic N) is 1. The van der Waals surface area contributed by atoms with Gasteiger partial charge < -0.3 is 4.98 Å². The van der Waals surface area contributed by atoms with Crippen molar-refractivity contribution in [2.24, 2.45) is 0 Å². The highest BCUT2D eigenvalue weighted by molar-refractivity contribution is 6.34. The Labute approximate surface area is 108 Å². The maximum atomic E-state index is 12.4. The Morgan fingerprint density at radius 2 is 1.89 bits per heavy atom. The number of aromatic amines is 1. The fourth-order valence-corrected chi connectivity index (χ4v) is 2.20. The molecule has 3 aromatic rings. The highest BCUT2D eigenvalue weighted by atomic mass is 35.5. The molecule has 2 aromatic heterocycles. The molecule has 0 aliphatic heterocycles. The second-order valence-corrected chi connectivity index (χ2v) is 4.28. The van der Waals surface area contributed by atoms with E-state index in [1.807, 2.05) is 30.3 Å². The summed E-state index contributed by atoms with van der Waals surface area (Å²) >= 11 is 5.99. The maximum Gasteiger partial charge on any atom is 0.200 e. The van der Waals surface area contributed by atoms with E-state index in [1.54, 1.807) is 18.5 Å². The van der Waals surface area contributed by atoms with Gasteiger partial charge in [-0.3, -0.25) is 4.79 Å². The van der Waals surface area contributed by atoms with Gasteiger partial charge in [0, 0.05) is 18.0 Å². The third-order valence-electron chi connectivity index (χ3n) is 2.83. The number of rotatable bonds is 1. The van der Waals surface area contributed by atoms with Gasteiger partial charge in [-0.15, -0.1) is 0 Å². The van der Waals surface area contributed by atoms with E-state index < -0.39 is 0 Å². The molecule has 0 unspecified atom stereocenters. The van der Waals surface area contributed by atoms with Crippen LogP contribution in [0.5, 0.6) is 0 Å². The molecular weight excluding hydrogens is 248 g/mol. The van der Waals surface area contributed by atoms with Crippen LogP contribution in [0, 0.1) is 0 Å². The molecule has 0 spiro atoms. The van der Waals surface area contributed by atoms with Gasteiger partial charge in [-0.1, -0.05) is 41.9 Å². The molecule has 0 radical (unpaired) electrons. The Morgan fingerprint density at radius 1 is 1.11 bits per heavy atom. The molecule has 0 bridgehead atoms. The van der Waals surface area contributed by atoms with Crippen LogP contribution in [0.3, 0.4) is 0 Å². The normalized spacial score (nSPS) is 10.7. The fraction of sp³-hybridized carbons (Fsp3) is 0. The minimum absolute atomic E-state index is 0.104. The quantitative estimate of drug-likeness (QED) is 0.680. The lowest BCUT2D eigenvalue weighted by atomic mass is 10.1. The van der Waals surface area contributed by atoms with Gasteiger partial charge in [-0.05, 0) is 11.6 Å². The fourth-order valence-electron chi connectivity index (χ4n) is 1.95. The smallest absolute Gasteiger partial charge is 0.200 e. The summed E-state index contributed by atoms with van der Waals surface area (Å²) in [7, 11) is 0. The number of aromatic nitrogens is 2. The summed E-state index contributed by atoms with van der Waals surface area (Å²) in [4.78, 5) is 19.4. The summed E-state index contributed by atoms with van der Waals surface area (Å²) in [6.45, 7) is 0. The van der Waals surface area contributed by atoms with Crippen LogP contribution < -0.4 is 5.43 Å². The Morgan fingerprint density at radius 3 is 2.67 bits per heavy atom. The first-order valence-corrected chi connectivity index (χ1v) is 5.86. The van der Waals surface area contributed by atoms with Crippen molar-refractivity contribution in [2.45, 2.75) is 0 Å². The highest BCUT2D eigenvalue weighted by Gasteiger charge is 2.10. The first-order valence-electron chi connectivity index (χ1n) is 5.48. The zero-order valence-corrected chi connectivity index (χ0v) is 10.1. The molecule has 0 saturated heterocycles. The highest BCUT2D eigenvalue weighted by Crippen LogP contribution is 2.20. The van der Waals surface area contributed by atoms with Crippen molar-refractivity contribution in [1.29, 1.82) is 0 Å². The molecule has 0 aliphatic carbocycles. The molecule has 0 saturated carbocycles. The minimum atomic E-state index is -0.104. The van der Waals surface area contributed by atoms with Gasteiger partial charge in [-0.2, -0.15) is 0 Å². The van der Waals surface area contributed by atoms with Crippen molar-refractivity contribution in [3.8, 4) is 11.1 Å². The average Bonchev–Trinajstić information content (AvgIpc) is 2.40. The van der Waals surface area contributed by atoms with Crippen LogP contribution in [-0.2, 0) is 0 Å². The number of H-pyrrole nitrogens is 1. The summed E-state index contributed by atoms with van der Waals surface area (Å²) in [6, 6.07) is 11.2. The third-order valence-corrected chi connectivity index (χ3v) is 3.12. The topological polar surface area (TPSA) is 45.8 Å². The molecule has 2 heterocycles. The number of hydrogen-bond acceptors (Lipinski definition) is 2. The number of halogens is 1. The molecule has 0 fully saturated rings. The molecule has 0 amide bonds. The third kappa shape index (κ3) is 1.69. The first-order chi connectivity index (χ1) is 8.77. The van der Waals surface area contributed by atoms with Crippen LogP contribution >= 0.6 is 11.6 Å². The van der Waals surface area contributed by atoms with Gasteiger partial charge in [-0.25, -0.2) is 4.98 Å². The van der Waals surface area contributed by atoms with Crippen molar-refractivity contribution < 1.29 is 0 Å². The molecule has 88 valence electrons. The summed E-state index contributed by atoms with van der Waals surface area (Å²) in [5.74, 6) is 0. The zero-order valence-electron chi connectivity index (χ0n) is 9.35. The largest absolute Gasteiger partial charge is 0.360 e. The van der Waals surface area contributed by atoms with E-state index in [0.717, 1.165) is 5.56 Å². The SMILES string of the molecule is O=c1c(-c2ccccc2)c[nH]c2ccnc(Cl)c12. The Hall–Kier alpha value is -2.13. The summed E-state index contributed by atoms with van der Waals surface area (Å²) in [6.07, 6.45) is 3.28. The Balaban J connectivity index is 2.37. The first kappa shape index (κ1) is 11.0. The number of fused-ring (bicyclic) bond motifs is 1. The predicted molar refractivity (Wildman–Crippen MR) is 72.8 cm³/mol. The van der Waals surface area contributed by atoms with Crippen LogP contribution in [0.4, 0.5) is 0 Å². The number of nitrogens with one attached hydrogen (secondary N) is 1. The van der Waals surface area contributed by atoms with Crippen molar-refractivity contribution in [2.75, 3.05) is 0 Å². The van der Waals surface area contributed by atoms with Gasteiger partial charge >= 0.3 is 0 Å². The molecule has 0 atom stereocenters. The van der Waals surface area contributed by atoms with E-state index in [1.165, 1.54) is 0 Å². The van der Waals surface area contributed by atoms with Crippen LogP contribution in [-0.4, -0.2) is 9.97 Å². The van der Waals surface area contributed by atoms with Crippen molar-refractivity contribution in [1.82, 2.24) is 9.97 Å². The summed E-state index contributed by atoms with van der Waals surface area (Å²) < 4.78 is 0. The second-order valence-electron chi connectivity index (χ2n) is 3.92. The standard InChI is InChI=1S/C14H9ClN2O/c15-14-12-11(6-7-16-14)17-8-10(13(12)18)9-4-2-1-3-5-9/h1-8H,(H,17,18). The van der Waals surface area contributed by atoms with E-state index in [-0.39, 0.29) is 10.6 Å². The lowest BCUT2D eigenvalue weighted by Crippen LogP contribution is -2.07. The van der Waals surface area contributed by atoms with Gasteiger partial charge in [0.1, 0.15) is 5.15 Å². The van der Waals surface area contributed by atoms with E-state index in [0.29, 0.717) is 16.5 Å². The van der Waals surface area contributed by atoms with Gasteiger partial charge in [0.05, 0.1) is 10.9 Å². The zero-order chi connectivity index (χ0) is 12.5. The molecule has 1 aromatic carbocycles. The van der Waals surface area contributed by atoms with Crippen molar-refractivity contribution >= 4 is 22.5 Å². The minimum Gasteiger partial charge on any atom is -0.360 e. The average molecular weight is 257 g/mol. The number of hydrogen-bond donors (Lipinski definition) is 1. The van der Waals surface area contributed by atoms with E-state index in [4.69, 9.17) is 11.6 Å². The monoisotopic (exact) mass is 256 g/mol. The molecule has 1 N–H and O–H groups in total. The van der Waals surface area contributed by atoms with Gasteiger partial charge in [0.2, 0.25) is 0 Å². The molecule has 3 rings (SSSR count). The summed E-state index contributed by atoms with van der Waals surface area (Å²) in [5, 5.41) is 0.659. The van der Waals surface area contributed by atoms with Crippen LogP contribution in [0.15, 0.2) is 53.6 Å². The molecule has 4 heteroatoms. The van der Waals surface area contributed by atoms with Crippen molar-refractivity contribution in [3.63, 3.8) is 0 Å². The molecule has 3 nitrogen and oxygen atoms in total. The summed E-state index contributed by atoms with van der Waals surface area (Å²) in [5.41, 5.74) is 2.05. The molecule has 0 aliphatic rings. The number of benzene rings is 1. The van der Waals surface area contributed by atoms with Crippen LogP contribution in [0.1, 0.15) is 0 Å². The van der Waals surface area contributed by atoms with Crippen LogP contribution in [0.2, 0.25) is 5.15 Å². The number of pyridine rings is 2. The predicted octanol–water partition coefficient (Wildman–Crippen LogP) is 3.24. The second kappa shape index (κ2) is 4.27. The Bertz CT molecular complexity index is 766. The van der Waals surface area contributed by atoms with Crippen molar-refractivity contribution in [3.05, 3.63) is 64.2 Å². The van der Waals surface area contributed by atoms with Crippen LogP contribution in [0.25, 0.3) is 22.0 Å². The van der Waals surface area contributed by atoms with Gasteiger partial charge in [0.25, 0.3) is 0 Å². The lowest BCUT2D eigenvalue weighted by molar-refractivity contribution is 1.31. The van der Waals surface area contributed by atoms with E-state index in [9.17, 15) is 4.79 Å².